The summed E-state index contributed by atoms with van der Waals surface area (Å²) in [5.74, 6) is 0. The number of aromatic nitrogens is 5. The Labute approximate surface area is 358 Å². The highest BCUT2D eigenvalue weighted by Crippen LogP contribution is 2.38. The van der Waals surface area contributed by atoms with Crippen LogP contribution in [0.5, 0.6) is 0 Å². The van der Waals surface area contributed by atoms with Crippen LogP contribution in [0, 0.1) is 0 Å². The molecule has 0 aliphatic carbocycles. The van der Waals surface area contributed by atoms with Gasteiger partial charge in [-0.25, -0.2) is 15.0 Å². The van der Waals surface area contributed by atoms with E-state index in [0.717, 1.165) is 90.0 Å². The molecule has 0 unspecified atom stereocenters. The maximum atomic E-state index is 5.32. The number of benzene rings is 7. The van der Waals surface area contributed by atoms with Crippen LogP contribution in [0.25, 0.3) is 112 Å². The van der Waals surface area contributed by atoms with Crippen molar-refractivity contribution in [1.29, 1.82) is 0 Å². The topological polar surface area (TPSA) is 47.5 Å². The van der Waals surface area contributed by atoms with Gasteiger partial charge in [0.15, 0.2) is 0 Å². The van der Waals surface area contributed by atoms with Crippen LogP contribution in [0.1, 0.15) is 0 Å². The Morgan fingerprint density at radius 2 is 0.661 bits per heavy atom. The molecule has 12 rings (SSSR count). The summed E-state index contributed by atoms with van der Waals surface area (Å²) in [6.07, 6.45) is 4.19. The first kappa shape index (κ1) is 35.5. The first-order valence-electron chi connectivity index (χ1n) is 20.9. The Hall–Kier alpha value is -8.41. The summed E-state index contributed by atoms with van der Waals surface area (Å²) in [4.78, 5) is 15.7. The molecule has 62 heavy (non-hydrogen) atoms. The summed E-state index contributed by atoms with van der Waals surface area (Å²) in [7, 11) is 0. The van der Waals surface area contributed by atoms with Gasteiger partial charge in [0, 0.05) is 45.8 Å². The van der Waals surface area contributed by atoms with E-state index in [4.69, 9.17) is 15.0 Å². The van der Waals surface area contributed by atoms with Crippen LogP contribution in [-0.2, 0) is 0 Å². The maximum absolute atomic E-state index is 5.32. The van der Waals surface area contributed by atoms with Crippen LogP contribution in [0.3, 0.4) is 0 Å². The molecule has 7 aromatic carbocycles. The van der Waals surface area contributed by atoms with Gasteiger partial charge in [-0.2, -0.15) is 0 Å². The molecule has 5 heterocycles. The van der Waals surface area contributed by atoms with Gasteiger partial charge in [0.05, 0.1) is 34.2 Å². The molecular formula is C57H37N5. The summed E-state index contributed by atoms with van der Waals surface area (Å²) >= 11 is 0. The predicted molar refractivity (Wildman–Crippen MR) is 255 cm³/mol. The minimum Gasteiger partial charge on any atom is -0.299 e. The molecule has 0 saturated heterocycles. The van der Waals surface area contributed by atoms with Gasteiger partial charge in [0.25, 0.3) is 0 Å². The standard InChI is InChI=1S/C57H37N5/c1-2-12-38(13-3-1)49-36-50(41-22-26-43(27-23-41)54-56(61-32-10-8-18-52(61)59-54)47-30-20-39-14-4-6-16-45(39)34-47)58-51(37-49)42-24-28-44(29-25-42)55-57(62-33-11-9-19-53(62)60-55)48-31-21-40-15-5-7-17-46(40)35-48/h1-37H. The molecule has 0 amide bonds. The highest BCUT2D eigenvalue weighted by molar-refractivity contribution is 5.92. The van der Waals surface area contributed by atoms with E-state index >= 15 is 0 Å². The molecule has 0 aliphatic rings. The maximum Gasteiger partial charge on any atom is 0.137 e. The zero-order chi connectivity index (χ0) is 41.0. The third-order valence-corrected chi connectivity index (χ3v) is 11.9. The number of pyridine rings is 3. The highest BCUT2D eigenvalue weighted by atomic mass is 15.0. The van der Waals surface area contributed by atoms with E-state index in [1.165, 1.54) is 21.5 Å². The van der Waals surface area contributed by atoms with Gasteiger partial charge >= 0.3 is 0 Å². The Balaban J connectivity index is 0.932. The third kappa shape index (κ3) is 6.23. The van der Waals surface area contributed by atoms with Crippen molar-refractivity contribution in [2.75, 3.05) is 0 Å². The molecule has 5 heteroatoms. The normalized spacial score (nSPS) is 11.5. The number of fused-ring (bicyclic) bond motifs is 4. The Kier molecular flexibility index (Phi) is 8.42. The van der Waals surface area contributed by atoms with Crippen molar-refractivity contribution in [3.05, 3.63) is 225 Å². The Bertz CT molecular complexity index is 3400. The highest BCUT2D eigenvalue weighted by Gasteiger charge is 2.19. The van der Waals surface area contributed by atoms with E-state index in [1.807, 2.05) is 12.1 Å². The molecule has 0 N–H and O–H groups in total. The van der Waals surface area contributed by atoms with Gasteiger partial charge in [0.2, 0.25) is 0 Å². The summed E-state index contributed by atoms with van der Waals surface area (Å²) in [5, 5.41) is 4.84. The number of hydrogen-bond acceptors (Lipinski definition) is 3. The van der Waals surface area contributed by atoms with Crippen molar-refractivity contribution in [2.24, 2.45) is 0 Å². The van der Waals surface area contributed by atoms with E-state index in [1.54, 1.807) is 0 Å². The first-order chi connectivity index (χ1) is 30.7. The molecule has 0 bridgehead atoms. The third-order valence-electron chi connectivity index (χ3n) is 11.9. The van der Waals surface area contributed by atoms with Crippen LogP contribution >= 0.6 is 0 Å². The van der Waals surface area contributed by atoms with Crippen molar-refractivity contribution in [3.8, 4) is 78.7 Å². The second kappa shape index (κ2) is 14.7. The molecule has 0 atom stereocenters. The van der Waals surface area contributed by atoms with Gasteiger partial charge in [-0.3, -0.25) is 8.80 Å². The smallest absolute Gasteiger partial charge is 0.137 e. The summed E-state index contributed by atoms with van der Waals surface area (Å²) < 4.78 is 4.38. The zero-order valence-corrected chi connectivity index (χ0v) is 33.6. The van der Waals surface area contributed by atoms with Crippen molar-refractivity contribution in [2.45, 2.75) is 0 Å². The van der Waals surface area contributed by atoms with Crippen LogP contribution in [0.4, 0.5) is 0 Å². The molecule has 0 radical (unpaired) electrons. The fourth-order valence-electron chi connectivity index (χ4n) is 8.84. The molecule has 0 fully saturated rings. The lowest BCUT2D eigenvalue weighted by molar-refractivity contribution is 1.19. The van der Waals surface area contributed by atoms with Crippen LogP contribution in [0.15, 0.2) is 225 Å². The lowest BCUT2D eigenvalue weighted by atomic mass is 9.97. The number of nitrogens with zero attached hydrogens (tertiary/aromatic N) is 5. The van der Waals surface area contributed by atoms with Crippen molar-refractivity contribution < 1.29 is 0 Å². The Morgan fingerprint density at radius 1 is 0.258 bits per heavy atom. The minimum absolute atomic E-state index is 0.903. The lowest BCUT2D eigenvalue weighted by Gasteiger charge is -2.12. The van der Waals surface area contributed by atoms with Crippen molar-refractivity contribution >= 4 is 32.8 Å². The minimum atomic E-state index is 0.903. The van der Waals surface area contributed by atoms with Gasteiger partial charge in [-0.05, 0) is 81.2 Å². The van der Waals surface area contributed by atoms with Gasteiger partial charge < -0.3 is 0 Å². The fraction of sp³-hybridized carbons (Fsp3) is 0. The molecule has 5 nitrogen and oxygen atoms in total. The van der Waals surface area contributed by atoms with Crippen LogP contribution in [0.2, 0.25) is 0 Å². The van der Waals surface area contributed by atoms with E-state index in [2.05, 4.69) is 221 Å². The fourth-order valence-corrected chi connectivity index (χ4v) is 8.84. The first-order valence-corrected chi connectivity index (χ1v) is 20.9. The number of rotatable bonds is 7. The van der Waals surface area contributed by atoms with Crippen molar-refractivity contribution in [1.82, 2.24) is 23.8 Å². The molecule has 0 aliphatic heterocycles. The monoisotopic (exact) mass is 791 g/mol. The lowest BCUT2D eigenvalue weighted by Crippen LogP contribution is -1.93. The number of hydrogen-bond donors (Lipinski definition) is 0. The Morgan fingerprint density at radius 3 is 1.15 bits per heavy atom. The van der Waals surface area contributed by atoms with E-state index < -0.39 is 0 Å². The molecule has 0 saturated carbocycles. The van der Waals surface area contributed by atoms with Crippen LogP contribution in [-0.4, -0.2) is 23.8 Å². The molecule has 12 aromatic rings. The van der Waals surface area contributed by atoms with Crippen molar-refractivity contribution in [3.63, 3.8) is 0 Å². The average molecular weight is 792 g/mol. The van der Waals surface area contributed by atoms with Gasteiger partial charge in [-0.1, -0.05) is 164 Å². The van der Waals surface area contributed by atoms with E-state index in [0.29, 0.717) is 0 Å². The average Bonchev–Trinajstić information content (AvgIpc) is 3.94. The largest absolute Gasteiger partial charge is 0.299 e. The molecule has 0 spiro atoms. The van der Waals surface area contributed by atoms with Crippen LogP contribution < -0.4 is 0 Å². The number of imidazole rings is 2. The molecule has 5 aromatic heterocycles. The predicted octanol–water partition coefficient (Wildman–Crippen LogP) is 14.4. The molecule has 290 valence electrons. The van der Waals surface area contributed by atoms with E-state index in [-0.39, 0.29) is 0 Å². The van der Waals surface area contributed by atoms with Gasteiger partial charge in [-0.15, -0.1) is 0 Å². The second-order valence-corrected chi connectivity index (χ2v) is 15.7. The van der Waals surface area contributed by atoms with Gasteiger partial charge in [0.1, 0.15) is 11.3 Å². The summed E-state index contributed by atoms with van der Waals surface area (Å²) in [5.41, 5.74) is 16.3. The second-order valence-electron chi connectivity index (χ2n) is 15.7. The SMILES string of the molecule is c1ccc(-c2cc(-c3ccc(-c4nc5ccccn5c4-c4ccc5ccccc5c4)cc3)nc(-c3ccc(-c4nc5ccccn5c4-c4ccc5ccccc5c4)cc3)c2)cc1. The molecular weight excluding hydrogens is 755 g/mol. The van der Waals surface area contributed by atoms with E-state index in [9.17, 15) is 0 Å². The summed E-state index contributed by atoms with van der Waals surface area (Å²) in [6.45, 7) is 0. The quantitative estimate of drug-likeness (QED) is 0.161. The zero-order valence-electron chi connectivity index (χ0n) is 33.6. The summed E-state index contributed by atoms with van der Waals surface area (Å²) in [6, 6.07) is 75.0.